The largest absolute Gasteiger partial charge is 0.462 e. The Morgan fingerprint density at radius 2 is 0.840 bits per heavy atom. The Labute approximate surface area is 311 Å². The number of allylic oxidation sites excluding steroid dienone is 4. The quantitative estimate of drug-likeness (QED) is 0.0361. The SMILES string of the molecule is CCCCC/C=C\C/C=C\CCCCCCCCCCCC(=O)OCC(COCCCCCCCC)OC(=O)CCCCCCCCCCC. The first-order valence-electron chi connectivity index (χ1n) is 21.9. The van der Waals surface area contributed by atoms with Crippen molar-refractivity contribution in [3.63, 3.8) is 0 Å². The van der Waals surface area contributed by atoms with Gasteiger partial charge in [0.05, 0.1) is 6.61 Å². The molecule has 0 heterocycles. The van der Waals surface area contributed by atoms with Crippen LogP contribution in [0.25, 0.3) is 0 Å². The lowest BCUT2D eigenvalue weighted by Crippen LogP contribution is -2.30. The Hall–Kier alpha value is -1.62. The van der Waals surface area contributed by atoms with Gasteiger partial charge in [0.25, 0.3) is 0 Å². The minimum Gasteiger partial charge on any atom is -0.462 e. The van der Waals surface area contributed by atoms with Gasteiger partial charge in [-0.05, 0) is 51.4 Å². The number of carbonyl (C=O) groups excluding carboxylic acids is 2. The van der Waals surface area contributed by atoms with Crippen molar-refractivity contribution < 1.29 is 23.8 Å². The van der Waals surface area contributed by atoms with E-state index >= 15 is 0 Å². The van der Waals surface area contributed by atoms with E-state index in [1.54, 1.807) is 0 Å². The Kier molecular flexibility index (Phi) is 40.4. The third-order valence-electron chi connectivity index (χ3n) is 9.49. The van der Waals surface area contributed by atoms with Crippen molar-refractivity contribution in [2.45, 2.75) is 232 Å². The molecular weight excluding hydrogens is 620 g/mol. The van der Waals surface area contributed by atoms with Crippen LogP contribution in [-0.2, 0) is 23.8 Å². The van der Waals surface area contributed by atoms with Gasteiger partial charge < -0.3 is 14.2 Å². The lowest BCUT2D eigenvalue weighted by Gasteiger charge is -2.18. The topological polar surface area (TPSA) is 61.8 Å². The zero-order valence-corrected chi connectivity index (χ0v) is 33.7. The van der Waals surface area contributed by atoms with Gasteiger partial charge in [0.1, 0.15) is 6.61 Å². The predicted molar refractivity (Wildman–Crippen MR) is 215 cm³/mol. The zero-order chi connectivity index (χ0) is 36.4. The second kappa shape index (κ2) is 41.8. The van der Waals surface area contributed by atoms with E-state index in [1.807, 2.05) is 0 Å². The van der Waals surface area contributed by atoms with Gasteiger partial charge in [-0.1, -0.05) is 186 Å². The monoisotopic (exact) mass is 705 g/mol. The first-order valence-corrected chi connectivity index (χ1v) is 21.9. The molecule has 1 atom stereocenters. The molecule has 0 spiro atoms. The second-order valence-corrected chi connectivity index (χ2v) is 14.6. The normalized spacial score (nSPS) is 12.3. The molecular formula is C45H84O5. The van der Waals surface area contributed by atoms with Crippen LogP contribution in [0.4, 0.5) is 0 Å². The van der Waals surface area contributed by atoms with E-state index < -0.39 is 6.10 Å². The van der Waals surface area contributed by atoms with Gasteiger partial charge in [-0.15, -0.1) is 0 Å². The molecule has 0 saturated heterocycles. The summed E-state index contributed by atoms with van der Waals surface area (Å²) in [7, 11) is 0. The van der Waals surface area contributed by atoms with Gasteiger partial charge in [-0.3, -0.25) is 9.59 Å². The number of esters is 2. The van der Waals surface area contributed by atoms with E-state index in [4.69, 9.17) is 14.2 Å². The zero-order valence-electron chi connectivity index (χ0n) is 33.7. The average Bonchev–Trinajstić information content (AvgIpc) is 3.11. The number of ether oxygens (including phenoxy) is 3. The molecule has 0 amide bonds. The standard InChI is InChI=1S/C45H84O5/c1-4-7-10-13-16-18-19-20-21-22-23-24-25-26-27-29-30-32-35-38-44(46)49-42-43(41-48-40-37-34-15-12-9-6-3)50-45(47)39-36-33-31-28-17-14-11-8-5-2/h16,18,20-21,43H,4-15,17,19,22-42H2,1-3H3/b18-16-,21-20-. The molecule has 0 aliphatic heterocycles. The fourth-order valence-electron chi connectivity index (χ4n) is 6.19. The van der Waals surface area contributed by atoms with Crippen molar-refractivity contribution in [3.8, 4) is 0 Å². The van der Waals surface area contributed by atoms with E-state index in [9.17, 15) is 9.59 Å². The van der Waals surface area contributed by atoms with Crippen LogP contribution in [0.1, 0.15) is 226 Å². The first-order chi connectivity index (χ1) is 24.6. The molecule has 0 N–H and O–H groups in total. The average molecular weight is 705 g/mol. The van der Waals surface area contributed by atoms with Crippen LogP contribution < -0.4 is 0 Å². The lowest BCUT2D eigenvalue weighted by atomic mass is 10.1. The van der Waals surface area contributed by atoms with Gasteiger partial charge in [0, 0.05) is 19.4 Å². The third kappa shape index (κ3) is 39.2. The minimum atomic E-state index is -0.525. The molecule has 0 aromatic rings. The summed E-state index contributed by atoms with van der Waals surface area (Å²) >= 11 is 0. The third-order valence-corrected chi connectivity index (χ3v) is 9.49. The maximum Gasteiger partial charge on any atom is 0.306 e. The fraction of sp³-hybridized carbons (Fsp3) is 0.867. The van der Waals surface area contributed by atoms with Crippen molar-refractivity contribution in [1.29, 1.82) is 0 Å². The molecule has 0 aliphatic carbocycles. The minimum absolute atomic E-state index is 0.0881. The van der Waals surface area contributed by atoms with Crippen LogP contribution in [0.3, 0.4) is 0 Å². The van der Waals surface area contributed by atoms with Crippen molar-refractivity contribution in [1.82, 2.24) is 0 Å². The summed E-state index contributed by atoms with van der Waals surface area (Å²) in [5, 5.41) is 0. The summed E-state index contributed by atoms with van der Waals surface area (Å²) in [4.78, 5) is 25.0. The van der Waals surface area contributed by atoms with Crippen molar-refractivity contribution in [2.24, 2.45) is 0 Å². The number of carbonyl (C=O) groups is 2. The summed E-state index contributed by atoms with van der Waals surface area (Å²) in [6.07, 6.45) is 46.1. The van der Waals surface area contributed by atoms with Gasteiger partial charge in [0.15, 0.2) is 6.10 Å². The van der Waals surface area contributed by atoms with Gasteiger partial charge in [-0.2, -0.15) is 0 Å². The molecule has 0 rings (SSSR count). The fourth-order valence-corrected chi connectivity index (χ4v) is 6.19. The van der Waals surface area contributed by atoms with E-state index in [0.29, 0.717) is 26.1 Å². The van der Waals surface area contributed by atoms with Crippen LogP contribution in [0.5, 0.6) is 0 Å². The molecule has 0 bridgehead atoms. The molecule has 0 saturated carbocycles. The Bertz CT molecular complexity index is 761. The van der Waals surface area contributed by atoms with E-state index in [0.717, 1.165) is 44.9 Å². The highest BCUT2D eigenvalue weighted by atomic mass is 16.6. The summed E-state index contributed by atoms with van der Waals surface area (Å²) in [5.41, 5.74) is 0. The molecule has 294 valence electrons. The summed E-state index contributed by atoms with van der Waals surface area (Å²) in [5.74, 6) is -0.400. The molecule has 0 fully saturated rings. The Balaban J connectivity index is 4.03. The number of hydrogen-bond donors (Lipinski definition) is 0. The van der Waals surface area contributed by atoms with E-state index in [1.165, 1.54) is 148 Å². The summed E-state index contributed by atoms with van der Waals surface area (Å²) < 4.78 is 17.2. The highest BCUT2D eigenvalue weighted by molar-refractivity contribution is 5.70. The maximum atomic E-state index is 12.6. The smallest absolute Gasteiger partial charge is 0.306 e. The van der Waals surface area contributed by atoms with Crippen molar-refractivity contribution in [3.05, 3.63) is 24.3 Å². The highest BCUT2D eigenvalue weighted by Crippen LogP contribution is 2.14. The van der Waals surface area contributed by atoms with E-state index in [2.05, 4.69) is 45.1 Å². The van der Waals surface area contributed by atoms with Crippen LogP contribution in [0, 0.1) is 0 Å². The lowest BCUT2D eigenvalue weighted by molar-refractivity contribution is -0.163. The maximum absolute atomic E-state index is 12.6. The van der Waals surface area contributed by atoms with Crippen LogP contribution in [0.15, 0.2) is 24.3 Å². The number of unbranched alkanes of at least 4 members (excludes halogenated alkanes) is 25. The highest BCUT2D eigenvalue weighted by Gasteiger charge is 2.17. The van der Waals surface area contributed by atoms with Gasteiger partial charge in [0.2, 0.25) is 0 Å². The molecule has 1 unspecified atom stereocenters. The van der Waals surface area contributed by atoms with Crippen LogP contribution >= 0.6 is 0 Å². The first kappa shape index (κ1) is 48.4. The van der Waals surface area contributed by atoms with Crippen LogP contribution in [-0.4, -0.2) is 37.9 Å². The van der Waals surface area contributed by atoms with Crippen LogP contribution in [0.2, 0.25) is 0 Å². The molecule has 5 nitrogen and oxygen atoms in total. The van der Waals surface area contributed by atoms with E-state index in [-0.39, 0.29) is 18.5 Å². The summed E-state index contributed by atoms with van der Waals surface area (Å²) in [6, 6.07) is 0. The Morgan fingerprint density at radius 1 is 0.440 bits per heavy atom. The summed E-state index contributed by atoms with van der Waals surface area (Å²) in [6.45, 7) is 7.76. The molecule has 0 aromatic heterocycles. The van der Waals surface area contributed by atoms with Crippen molar-refractivity contribution in [2.75, 3.05) is 19.8 Å². The molecule has 5 heteroatoms. The molecule has 0 radical (unpaired) electrons. The number of hydrogen-bond acceptors (Lipinski definition) is 5. The number of rotatable bonds is 40. The predicted octanol–water partition coefficient (Wildman–Crippen LogP) is 14.1. The van der Waals surface area contributed by atoms with Gasteiger partial charge >= 0.3 is 11.9 Å². The molecule has 0 aromatic carbocycles. The second-order valence-electron chi connectivity index (χ2n) is 14.6. The Morgan fingerprint density at radius 3 is 1.36 bits per heavy atom. The van der Waals surface area contributed by atoms with Gasteiger partial charge in [-0.25, -0.2) is 0 Å². The molecule has 0 aliphatic rings. The molecule has 50 heavy (non-hydrogen) atoms. The van der Waals surface area contributed by atoms with Crippen molar-refractivity contribution >= 4 is 11.9 Å².